The first kappa shape index (κ1) is 20.1. The zero-order valence-electron chi connectivity index (χ0n) is 15.5. The van der Waals surface area contributed by atoms with Crippen LogP contribution in [-0.4, -0.2) is 30.0 Å². The van der Waals surface area contributed by atoms with E-state index in [4.69, 9.17) is 4.74 Å². The molecule has 0 spiro atoms. The normalized spacial score (nSPS) is 11.5. The molecule has 1 amide bonds. The number of amides is 1. The highest BCUT2D eigenvalue weighted by Crippen LogP contribution is 2.17. The smallest absolute Gasteiger partial charge is 0.328 e. The fourth-order valence-corrected chi connectivity index (χ4v) is 2.92. The Kier molecular flexibility index (Phi) is 6.65. The second kappa shape index (κ2) is 8.93. The van der Waals surface area contributed by atoms with Gasteiger partial charge in [-0.2, -0.15) is 0 Å². The molecule has 0 heterocycles. The lowest BCUT2D eigenvalue weighted by molar-refractivity contribution is -0.384. The van der Waals surface area contributed by atoms with Crippen molar-refractivity contribution in [3.63, 3.8) is 0 Å². The van der Waals surface area contributed by atoms with Crippen molar-refractivity contribution in [2.45, 2.75) is 32.7 Å². The summed E-state index contributed by atoms with van der Waals surface area (Å²) in [5, 5.41) is 13.5. The summed E-state index contributed by atoms with van der Waals surface area (Å²) < 4.78 is 4.82. The summed E-state index contributed by atoms with van der Waals surface area (Å²) in [5.41, 5.74) is 3.44. The van der Waals surface area contributed by atoms with Crippen molar-refractivity contribution in [3.05, 3.63) is 74.8 Å². The van der Waals surface area contributed by atoms with Crippen LogP contribution in [0.25, 0.3) is 0 Å². The first-order valence-corrected chi connectivity index (χ1v) is 8.47. The average Bonchev–Trinajstić information content (AvgIpc) is 2.63. The molecule has 1 atom stereocenters. The van der Waals surface area contributed by atoms with Gasteiger partial charge in [-0.1, -0.05) is 30.3 Å². The molecule has 142 valence electrons. The number of carbonyl (C=O) groups is 2. The summed E-state index contributed by atoms with van der Waals surface area (Å²) in [6.07, 6.45) is 0.244. The Morgan fingerprint density at radius 1 is 1.15 bits per heavy atom. The van der Waals surface area contributed by atoms with Gasteiger partial charge in [0, 0.05) is 18.6 Å². The van der Waals surface area contributed by atoms with E-state index < -0.39 is 22.8 Å². The molecule has 0 radical (unpaired) electrons. The van der Waals surface area contributed by atoms with Gasteiger partial charge in [0.15, 0.2) is 0 Å². The minimum Gasteiger partial charge on any atom is -0.467 e. The maximum atomic E-state index is 12.4. The van der Waals surface area contributed by atoms with Crippen LogP contribution in [0.4, 0.5) is 5.69 Å². The number of aryl methyl sites for hydroxylation is 2. The van der Waals surface area contributed by atoms with Gasteiger partial charge in [-0.25, -0.2) is 4.79 Å². The molecule has 0 aromatic heterocycles. The summed E-state index contributed by atoms with van der Waals surface area (Å²) in [6, 6.07) is 10.9. The average molecular weight is 370 g/mol. The summed E-state index contributed by atoms with van der Waals surface area (Å²) in [4.78, 5) is 34.9. The maximum Gasteiger partial charge on any atom is 0.328 e. The number of methoxy groups -OCH3 is 1. The van der Waals surface area contributed by atoms with Crippen molar-refractivity contribution in [1.82, 2.24) is 5.32 Å². The summed E-state index contributed by atoms with van der Waals surface area (Å²) >= 11 is 0. The number of nitrogens with zero attached hydrogens (tertiary/aromatic N) is 1. The van der Waals surface area contributed by atoms with E-state index in [1.807, 2.05) is 32.0 Å². The van der Waals surface area contributed by atoms with Crippen LogP contribution in [0.5, 0.6) is 0 Å². The van der Waals surface area contributed by atoms with Crippen molar-refractivity contribution < 1.29 is 19.2 Å². The van der Waals surface area contributed by atoms with E-state index in [-0.39, 0.29) is 12.1 Å². The van der Waals surface area contributed by atoms with Crippen molar-refractivity contribution >= 4 is 17.6 Å². The first-order valence-electron chi connectivity index (χ1n) is 8.47. The van der Waals surface area contributed by atoms with E-state index in [9.17, 15) is 19.7 Å². The maximum absolute atomic E-state index is 12.4. The molecule has 0 aliphatic heterocycles. The van der Waals surface area contributed by atoms with Crippen molar-refractivity contribution in [1.29, 1.82) is 0 Å². The molecule has 2 aromatic carbocycles. The highest BCUT2D eigenvalue weighted by molar-refractivity contribution is 5.86. The Morgan fingerprint density at radius 2 is 1.78 bits per heavy atom. The molecule has 0 aliphatic carbocycles. The third-order valence-electron chi connectivity index (χ3n) is 4.36. The van der Waals surface area contributed by atoms with E-state index in [0.29, 0.717) is 12.0 Å². The largest absolute Gasteiger partial charge is 0.467 e. The number of hydrogen-bond donors (Lipinski definition) is 1. The molecule has 1 N–H and O–H groups in total. The predicted molar refractivity (Wildman–Crippen MR) is 100 cm³/mol. The van der Waals surface area contributed by atoms with Crippen LogP contribution >= 0.6 is 0 Å². The van der Waals surface area contributed by atoms with Gasteiger partial charge in [0.1, 0.15) is 6.04 Å². The van der Waals surface area contributed by atoms with Crippen LogP contribution in [0, 0.1) is 24.0 Å². The lowest BCUT2D eigenvalue weighted by atomic mass is 9.96. The van der Waals surface area contributed by atoms with E-state index in [1.165, 1.54) is 25.3 Å². The number of ether oxygens (including phenoxy) is 1. The molecule has 0 bridgehead atoms. The first-order chi connectivity index (χ1) is 12.8. The van der Waals surface area contributed by atoms with Crippen molar-refractivity contribution in [2.24, 2.45) is 0 Å². The Balaban J connectivity index is 2.14. The standard InChI is InChI=1S/C20H22N2O5/c1-13-6-4-7-14(2)17(13)12-18(20(24)27-3)21-19(23)11-15-8-5-9-16(10-15)22(25)26/h4-10,18H,11-12H2,1-3H3,(H,21,23)/t18-/m0/s1. The van der Waals surface area contributed by atoms with E-state index in [1.54, 1.807) is 6.07 Å². The number of carbonyl (C=O) groups excluding carboxylic acids is 2. The van der Waals surface area contributed by atoms with Gasteiger partial charge in [-0.3, -0.25) is 14.9 Å². The second-order valence-electron chi connectivity index (χ2n) is 6.32. The van der Waals surface area contributed by atoms with Crippen LogP contribution in [0.15, 0.2) is 42.5 Å². The van der Waals surface area contributed by atoms with Gasteiger partial charge >= 0.3 is 5.97 Å². The Bertz CT molecular complexity index is 843. The zero-order chi connectivity index (χ0) is 20.0. The molecule has 2 rings (SSSR count). The van der Waals surface area contributed by atoms with Gasteiger partial charge in [-0.15, -0.1) is 0 Å². The minimum atomic E-state index is -0.832. The molecule has 0 unspecified atom stereocenters. The third kappa shape index (κ3) is 5.37. The summed E-state index contributed by atoms with van der Waals surface area (Å²) in [7, 11) is 1.27. The fraction of sp³-hybridized carbons (Fsp3) is 0.300. The quantitative estimate of drug-likeness (QED) is 0.459. The zero-order valence-corrected chi connectivity index (χ0v) is 15.5. The topological polar surface area (TPSA) is 98.5 Å². The van der Waals surface area contributed by atoms with Gasteiger partial charge in [-0.05, 0) is 36.1 Å². The van der Waals surface area contributed by atoms with Crippen LogP contribution in [0.3, 0.4) is 0 Å². The summed E-state index contributed by atoms with van der Waals surface area (Å²) in [6.45, 7) is 3.89. The van der Waals surface area contributed by atoms with Gasteiger partial charge in [0.05, 0.1) is 18.5 Å². The third-order valence-corrected chi connectivity index (χ3v) is 4.36. The number of benzene rings is 2. The van der Waals surface area contributed by atoms with Gasteiger partial charge in [0.25, 0.3) is 5.69 Å². The van der Waals surface area contributed by atoms with Crippen molar-refractivity contribution in [3.8, 4) is 0 Å². The lowest BCUT2D eigenvalue weighted by Gasteiger charge is -2.19. The van der Waals surface area contributed by atoms with E-state index in [2.05, 4.69) is 5.32 Å². The molecule has 7 heteroatoms. The number of esters is 1. The Morgan fingerprint density at radius 3 is 2.37 bits per heavy atom. The Hall–Kier alpha value is -3.22. The Labute approximate surface area is 157 Å². The molecular formula is C20H22N2O5. The molecule has 0 fully saturated rings. The number of nitrogens with one attached hydrogen (secondary N) is 1. The fourth-order valence-electron chi connectivity index (χ4n) is 2.92. The van der Waals surface area contributed by atoms with E-state index >= 15 is 0 Å². The van der Waals surface area contributed by atoms with E-state index in [0.717, 1.165) is 16.7 Å². The second-order valence-corrected chi connectivity index (χ2v) is 6.32. The lowest BCUT2D eigenvalue weighted by Crippen LogP contribution is -2.44. The van der Waals surface area contributed by atoms with Crippen molar-refractivity contribution in [2.75, 3.05) is 7.11 Å². The van der Waals surface area contributed by atoms with Crippen LogP contribution in [0.2, 0.25) is 0 Å². The van der Waals surface area contributed by atoms with Crippen LogP contribution in [-0.2, 0) is 27.2 Å². The highest BCUT2D eigenvalue weighted by atomic mass is 16.6. The minimum absolute atomic E-state index is 0.0675. The number of nitro groups is 1. The molecule has 0 saturated heterocycles. The SMILES string of the molecule is COC(=O)[C@H](Cc1c(C)cccc1C)NC(=O)Cc1cccc([N+](=O)[O-])c1. The number of non-ortho nitro benzene ring substituents is 1. The molecule has 0 aliphatic rings. The molecule has 27 heavy (non-hydrogen) atoms. The number of rotatable bonds is 7. The summed E-state index contributed by atoms with van der Waals surface area (Å²) in [5.74, 6) is -0.942. The van der Waals surface area contributed by atoms with Gasteiger partial charge < -0.3 is 10.1 Å². The number of hydrogen-bond acceptors (Lipinski definition) is 5. The van der Waals surface area contributed by atoms with Gasteiger partial charge in [0.2, 0.25) is 5.91 Å². The van der Waals surface area contributed by atoms with Crippen LogP contribution < -0.4 is 5.32 Å². The molecule has 0 saturated carbocycles. The van der Waals surface area contributed by atoms with Crippen LogP contribution in [0.1, 0.15) is 22.3 Å². The molecule has 7 nitrogen and oxygen atoms in total. The highest BCUT2D eigenvalue weighted by Gasteiger charge is 2.23. The number of nitro benzene ring substituents is 1. The molecular weight excluding hydrogens is 348 g/mol. The molecule has 2 aromatic rings. The monoisotopic (exact) mass is 370 g/mol. The predicted octanol–water partition coefficient (Wildman–Crippen LogP) is 2.65.